The molecular formula is C30H32N2O6. The van der Waals surface area contributed by atoms with E-state index in [4.69, 9.17) is 14.2 Å². The highest BCUT2D eigenvalue weighted by Gasteiger charge is 2.46. The van der Waals surface area contributed by atoms with Crippen molar-refractivity contribution >= 4 is 17.4 Å². The highest BCUT2D eigenvalue weighted by molar-refractivity contribution is 6.46. The molecule has 0 aromatic heterocycles. The maximum Gasteiger partial charge on any atom is 0.295 e. The molecule has 3 aromatic carbocycles. The van der Waals surface area contributed by atoms with Crippen LogP contribution in [0.5, 0.6) is 17.2 Å². The molecule has 8 nitrogen and oxygen atoms in total. The van der Waals surface area contributed by atoms with Gasteiger partial charge in [-0.1, -0.05) is 42.5 Å². The molecule has 0 aliphatic carbocycles. The van der Waals surface area contributed by atoms with Gasteiger partial charge in [0.15, 0.2) is 11.5 Å². The Morgan fingerprint density at radius 2 is 1.66 bits per heavy atom. The standard InChI is InChI=1S/C30H32N2O6/c1-31(2)15-16-32-27(21-11-8-12-23(17-21)38-19-20-9-6-5-7-10-20)26(29(34)30(32)35)28(33)22-13-14-24(36-3)25(18-22)37-4/h5-14,17-18,27,33H,15-16,19H2,1-4H3/b28-26+. The van der Waals surface area contributed by atoms with Crippen LogP contribution in [0.15, 0.2) is 78.4 Å². The number of ketones is 1. The van der Waals surface area contributed by atoms with E-state index in [1.54, 1.807) is 18.2 Å². The van der Waals surface area contributed by atoms with Gasteiger partial charge in [-0.15, -0.1) is 0 Å². The smallest absolute Gasteiger partial charge is 0.295 e. The van der Waals surface area contributed by atoms with Gasteiger partial charge in [0, 0.05) is 18.7 Å². The van der Waals surface area contributed by atoms with Crippen LogP contribution in [0.1, 0.15) is 22.7 Å². The molecule has 3 aromatic rings. The number of nitrogens with zero attached hydrogens (tertiary/aromatic N) is 2. The highest BCUT2D eigenvalue weighted by Crippen LogP contribution is 2.41. The summed E-state index contributed by atoms with van der Waals surface area (Å²) in [5, 5.41) is 11.4. The molecule has 8 heteroatoms. The molecule has 1 unspecified atom stereocenters. The molecule has 1 fully saturated rings. The van der Waals surface area contributed by atoms with E-state index in [-0.39, 0.29) is 11.3 Å². The summed E-state index contributed by atoms with van der Waals surface area (Å²) in [5.41, 5.74) is 2.04. The number of hydrogen-bond acceptors (Lipinski definition) is 7. The van der Waals surface area contributed by atoms with Crippen molar-refractivity contribution in [2.75, 3.05) is 41.4 Å². The van der Waals surface area contributed by atoms with Crippen molar-refractivity contribution in [3.05, 3.63) is 95.1 Å². The first-order chi connectivity index (χ1) is 18.3. The Labute approximate surface area is 222 Å². The van der Waals surface area contributed by atoms with Gasteiger partial charge in [0.2, 0.25) is 0 Å². The van der Waals surface area contributed by atoms with Crippen LogP contribution in [-0.2, 0) is 16.2 Å². The summed E-state index contributed by atoms with van der Waals surface area (Å²) >= 11 is 0. The van der Waals surface area contributed by atoms with Gasteiger partial charge in [-0.05, 0) is 55.6 Å². The topological polar surface area (TPSA) is 88.5 Å². The number of likely N-dealkylation sites (N-methyl/N-ethyl adjacent to an activating group) is 1. The van der Waals surface area contributed by atoms with E-state index in [1.165, 1.54) is 19.1 Å². The predicted octanol–water partition coefficient (Wildman–Crippen LogP) is 4.27. The van der Waals surface area contributed by atoms with Crippen LogP contribution in [0.2, 0.25) is 0 Å². The van der Waals surface area contributed by atoms with Crippen LogP contribution in [0.25, 0.3) is 5.76 Å². The van der Waals surface area contributed by atoms with E-state index in [0.717, 1.165) is 5.56 Å². The number of aliphatic hydroxyl groups excluding tert-OH is 1. The Morgan fingerprint density at radius 1 is 0.921 bits per heavy atom. The zero-order valence-electron chi connectivity index (χ0n) is 22.0. The Balaban J connectivity index is 1.76. The summed E-state index contributed by atoms with van der Waals surface area (Å²) in [5.74, 6) is -0.208. The number of carbonyl (C=O) groups is 2. The molecule has 38 heavy (non-hydrogen) atoms. The van der Waals surface area contributed by atoms with Gasteiger partial charge in [-0.3, -0.25) is 9.59 Å². The third-order valence-corrected chi connectivity index (χ3v) is 6.41. The molecular weight excluding hydrogens is 484 g/mol. The third kappa shape index (κ3) is 5.65. The van der Waals surface area contributed by atoms with Crippen LogP contribution in [0.3, 0.4) is 0 Å². The zero-order chi connectivity index (χ0) is 27.2. The number of methoxy groups -OCH3 is 2. The molecule has 198 valence electrons. The largest absolute Gasteiger partial charge is 0.507 e. The van der Waals surface area contributed by atoms with Crippen molar-refractivity contribution in [3.8, 4) is 17.2 Å². The number of likely N-dealkylation sites (tertiary alicyclic amines) is 1. The van der Waals surface area contributed by atoms with Crippen LogP contribution in [-0.4, -0.2) is 68.0 Å². The molecule has 0 bridgehead atoms. The summed E-state index contributed by atoms with van der Waals surface area (Å²) in [6, 6.07) is 21.1. The molecule has 1 aliphatic rings. The molecule has 4 rings (SSSR count). The number of benzene rings is 3. The summed E-state index contributed by atoms with van der Waals surface area (Å²) in [7, 11) is 6.80. The molecule has 0 saturated carbocycles. The average Bonchev–Trinajstić information content (AvgIpc) is 3.19. The lowest BCUT2D eigenvalue weighted by molar-refractivity contribution is -0.140. The van der Waals surface area contributed by atoms with Crippen molar-refractivity contribution in [3.63, 3.8) is 0 Å². The summed E-state index contributed by atoms with van der Waals surface area (Å²) < 4.78 is 16.7. The molecule has 1 N–H and O–H groups in total. The zero-order valence-corrected chi connectivity index (χ0v) is 22.0. The van der Waals surface area contributed by atoms with Crippen molar-refractivity contribution < 1.29 is 28.9 Å². The van der Waals surface area contributed by atoms with E-state index < -0.39 is 17.7 Å². The second kappa shape index (κ2) is 11.8. The normalized spacial score (nSPS) is 16.7. The minimum absolute atomic E-state index is 0.0150. The first-order valence-electron chi connectivity index (χ1n) is 12.3. The number of amides is 1. The fourth-order valence-electron chi connectivity index (χ4n) is 4.42. The van der Waals surface area contributed by atoms with Crippen LogP contribution in [0.4, 0.5) is 0 Å². The van der Waals surface area contributed by atoms with E-state index in [1.807, 2.05) is 73.6 Å². The SMILES string of the molecule is COc1ccc(/C(O)=C2\C(=O)C(=O)N(CCN(C)C)C2c2cccc(OCc3ccccc3)c2)cc1OC. The monoisotopic (exact) mass is 516 g/mol. The number of hydrogen-bond donors (Lipinski definition) is 1. The fraction of sp³-hybridized carbons (Fsp3) is 0.267. The molecule has 1 saturated heterocycles. The lowest BCUT2D eigenvalue weighted by atomic mass is 9.95. The van der Waals surface area contributed by atoms with Crippen molar-refractivity contribution in [2.45, 2.75) is 12.6 Å². The van der Waals surface area contributed by atoms with Gasteiger partial charge >= 0.3 is 0 Å². The van der Waals surface area contributed by atoms with Gasteiger partial charge < -0.3 is 29.1 Å². The van der Waals surface area contributed by atoms with E-state index in [0.29, 0.717) is 48.1 Å². The Morgan fingerprint density at radius 3 is 2.34 bits per heavy atom. The van der Waals surface area contributed by atoms with Crippen molar-refractivity contribution in [2.24, 2.45) is 0 Å². The predicted molar refractivity (Wildman–Crippen MR) is 144 cm³/mol. The maximum absolute atomic E-state index is 13.3. The van der Waals surface area contributed by atoms with Gasteiger partial charge in [0.25, 0.3) is 11.7 Å². The Kier molecular flexibility index (Phi) is 8.33. The Bertz CT molecular complexity index is 1340. The molecule has 0 spiro atoms. The van der Waals surface area contributed by atoms with Gasteiger partial charge in [-0.2, -0.15) is 0 Å². The number of rotatable bonds is 10. The van der Waals surface area contributed by atoms with Crippen LogP contribution < -0.4 is 14.2 Å². The van der Waals surface area contributed by atoms with Gasteiger partial charge in [-0.25, -0.2) is 0 Å². The average molecular weight is 517 g/mol. The second-order valence-electron chi connectivity index (χ2n) is 9.21. The van der Waals surface area contributed by atoms with E-state index >= 15 is 0 Å². The van der Waals surface area contributed by atoms with Crippen LogP contribution in [0, 0.1) is 0 Å². The summed E-state index contributed by atoms with van der Waals surface area (Å²) in [4.78, 5) is 30.0. The number of carbonyl (C=O) groups excluding carboxylic acids is 2. The first kappa shape index (κ1) is 26.8. The highest BCUT2D eigenvalue weighted by atomic mass is 16.5. The minimum atomic E-state index is -0.789. The minimum Gasteiger partial charge on any atom is -0.507 e. The van der Waals surface area contributed by atoms with Gasteiger partial charge in [0.05, 0.1) is 25.8 Å². The van der Waals surface area contributed by atoms with E-state index in [9.17, 15) is 14.7 Å². The summed E-state index contributed by atoms with van der Waals surface area (Å²) in [6.07, 6.45) is 0. The van der Waals surface area contributed by atoms with Gasteiger partial charge in [0.1, 0.15) is 18.1 Å². The summed E-state index contributed by atoms with van der Waals surface area (Å²) in [6.45, 7) is 1.22. The second-order valence-corrected chi connectivity index (χ2v) is 9.21. The van der Waals surface area contributed by atoms with E-state index in [2.05, 4.69) is 0 Å². The molecule has 0 radical (unpaired) electrons. The fourth-order valence-corrected chi connectivity index (χ4v) is 4.42. The number of ether oxygens (including phenoxy) is 3. The number of aliphatic hydroxyl groups is 1. The number of Topliss-reactive ketones (excluding diaryl/α,β-unsaturated/α-hetero) is 1. The lowest BCUT2D eigenvalue weighted by Crippen LogP contribution is -2.35. The molecule has 1 aliphatic heterocycles. The molecule has 1 heterocycles. The quantitative estimate of drug-likeness (QED) is 0.245. The van der Waals surface area contributed by atoms with Crippen molar-refractivity contribution in [1.29, 1.82) is 0 Å². The van der Waals surface area contributed by atoms with Crippen LogP contribution >= 0.6 is 0 Å². The lowest BCUT2D eigenvalue weighted by Gasteiger charge is -2.27. The third-order valence-electron chi connectivity index (χ3n) is 6.41. The first-order valence-corrected chi connectivity index (χ1v) is 12.3. The Hall–Kier alpha value is -4.30. The molecule has 1 amide bonds. The van der Waals surface area contributed by atoms with Crippen molar-refractivity contribution in [1.82, 2.24) is 9.80 Å². The molecule has 1 atom stereocenters. The maximum atomic E-state index is 13.3.